The Morgan fingerprint density at radius 2 is 1.67 bits per heavy atom. The van der Waals surface area contributed by atoms with Crippen LogP contribution in [0.4, 0.5) is 0 Å². The van der Waals surface area contributed by atoms with Crippen LogP contribution in [0.15, 0.2) is 24.3 Å². The van der Waals surface area contributed by atoms with E-state index in [0.29, 0.717) is 6.42 Å². The minimum Gasteiger partial charge on any atom is -0.303 e. The normalized spacial score (nSPS) is 10.2. The monoisotopic (exact) mass is 204 g/mol. The minimum atomic E-state index is 0.538. The molecule has 82 valence electrons. The highest BCUT2D eigenvalue weighted by Gasteiger charge is 1.94. The summed E-state index contributed by atoms with van der Waals surface area (Å²) in [6.45, 7) is 2.23. The third-order valence-corrected chi connectivity index (χ3v) is 2.66. The molecule has 0 fully saturated rings. The van der Waals surface area contributed by atoms with Crippen LogP contribution < -0.4 is 0 Å². The summed E-state index contributed by atoms with van der Waals surface area (Å²) in [7, 11) is 0. The van der Waals surface area contributed by atoms with Crippen molar-refractivity contribution < 1.29 is 4.79 Å². The molecule has 1 aromatic carbocycles. The van der Waals surface area contributed by atoms with Crippen LogP contribution in [0.25, 0.3) is 0 Å². The second-order valence-electron chi connectivity index (χ2n) is 4.00. The Hall–Kier alpha value is -1.11. The number of hydrogen-bond donors (Lipinski definition) is 0. The lowest BCUT2D eigenvalue weighted by Crippen LogP contribution is -1.89. The summed E-state index contributed by atoms with van der Waals surface area (Å²) in [5.74, 6) is 0. The molecule has 0 aliphatic carbocycles. The largest absolute Gasteiger partial charge is 0.303 e. The topological polar surface area (TPSA) is 17.1 Å². The van der Waals surface area contributed by atoms with Crippen molar-refractivity contribution >= 4 is 6.29 Å². The standard InChI is InChI=1S/C14H20O/c1-2-3-4-5-6-13-7-9-14(10-8-13)11-12-15/h7-10,12H,2-6,11H2,1H3. The minimum absolute atomic E-state index is 0.538. The third-order valence-electron chi connectivity index (χ3n) is 2.66. The quantitative estimate of drug-likeness (QED) is 0.490. The van der Waals surface area contributed by atoms with E-state index in [0.717, 1.165) is 11.8 Å². The lowest BCUT2D eigenvalue weighted by atomic mass is 10.0. The summed E-state index contributed by atoms with van der Waals surface area (Å²) in [6.07, 6.45) is 7.89. The number of hydrogen-bond acceptors (Lipinski definition) is 1. The van der Waals surface area contributed by atoms with Crippen molar-refractivity contribution in [3.8, 4) is 0 Å². The summed E-state index contributed by atoms with van der Waals surface area (Å²) in [5, 5.41) is 0. The molecule has 0 aromatic heterocycles. The Kier molecular flexibility index (Phi) is 5.76. The second-order valence-corrected chi connectivity index (χ2v) is 4.00. The molecular weight excluding hydrogens is 184 g/mol. The predicted octanol–water partition coefficient (Wildman–Crippen LogP) is 3.55. The molecule has 1 rings (SSSR count). The number of aryl methyl sites for hydroxylation is 1. The molecule has 1 heteroatoms. The van der Waals surface area contributed by atoms with Gasteiger partial charge in [0.15, 0.2) is 0 Å². The zero-order valence-corrected chi connectivity index (χ0v) is 9.54. The Morgan fingerprint density at radius 1 is 1.00 bits per heavy atom. The SMILES string of the molecule is CCCCCCc1ccc(CC=O)cc1. The maximum Gasteiger partial charge on any atom is 0.124 e. The maximum atomic E-state index is 10.3. The fourth-order valence-electron chi connectivity index (χ4n) is 1.69. The molecule has 0 amide bonds. The van der Waals surface area contributed by atoms with Gasteiger partial charge in [-0.2, -0.15) is 0 Å². The lowest BCUT2D eigenvalue weighted by molar-refractivity contribution is -0.107. The molecule has 0 unspecified atom stereocenters. The molecule has 0 atom stereocenters. The predicted molar refractivity (Wildman–Crippen MR) is 64.1 cm³/mol. The smallest absolute Gasteiger partial charge is 0.124 e. The molecule has 0 saturated carbocycles. The van der Waals surface area contributed by atoms with Gasteiger partial charge in [-0.25, -0.2) is 0 Å². The molecule has 1 nitrogen and oxygen atoms in total. The Balaban J connectivity index is 2.32. The highest BCUT2D eigenvalue weighted by atomic mass is 16.1. The Bertz CT molecular complexity index is 274. The van der Waals surface area contributed by atoms with Gasteiger partial charge in [-0.1, -0.05) is 50.5 Å². The van der Waals surface area contributed by atoms with Crippen LogP contribution in [0.1, 0.15) is 43.7 Å². The summed E-state index contributed by atoms with van der Waals surface area (Å²) in [5.41, 5.74) is 2.50. The summed E-state index contributed by atoms with van der Waals surface area (Å²) in [4.78, 5) is 10.3. The van der Waals surface area contributed by atoms with Gasteiger partial charge in [0.2, 0.25) is 0 Å². The number of unbranched alkanes of at least 4 members (excludes halogenated alkanes) is 3. The zero-order chi connectivity index (χ0) is 10.9. The van der Waals surface area contributed by atoms with Crippen LogP contribution in [0, 0.1) is 0 Å². The first-order valence-electron chi connectivity index (χ1n) is 5.88. The van der Waals surface area contributed by atoms with E-state index in [4.69, 9.17) is 0 Å². The van der Waals surface area contributed by atoms with Gasteiger partial charge in [-0.15, -0.1) is 0 Å². The van der Waals surface area contributed by atoms with E-state index in [2.05, 4.69) is 31.2 Å². The van der Waals surface area contributed by atoms with Crippen LogP contribution in [0.2, 0.25) is 0 Å². The van der Waals surface area contributed by atoms with Gasteiger partial charge in [0.1, 0.15) is 6.29 Å². The van der Waals surface area contributed by atoms with E-state index in [1.165, 1.54) is 37.7 Å². The lowest BCUT2D eigenvalue weighted by Gasteiger charge is -2.02. The zero-order valence-electron chi connectivity index (χ0n) is 9.54. The van der Waals surface area contributed by atoms with Crippen molar-refractivity contribution in [2.24, 2.45) is 0 Å². The van der Waals surface area contributed by atoms with Crippen LogP contribution in [0.3, 0.4) is 0 Å². The molecule has 0 saturated heterocycles. The highest BCUT2D eigenvalue weighted by molar-refractivity contribution is 5.54. The molecule has 0 radical (unpaired) electrons. The van der Waals surface area contributed by atoms with Gasteiger partial charge in [0.05, 0.1) is 0 Å². The highest BCUT2D eigenvalue weighted by Crippen LogP contribution is 2.09. The Labute approximate surface area is 92.5 Å². The fraction of sp³-hybridized carbons (Fsp3) is 0.500. The number of carbonyl (C=O) groups is 1. The summed E-state index contributed by atoms with van der Waals surface area (Å²) < 4.78 is 0. The summed E-state index contributed by atoms with van der Waals surface area (Å²) >= 11 is 0. The third kappa shape index (κ3) is 4.78. The van der Waals surface area contributed by atoms with Gasteiger partial charge in [0, 0.05) is 6.42 Å². The van der Waals surface area contributed by atoms with Gasteiger partial charge >= 0.3 is 0 Å². The number of benzene rings is 1. The number of rotatable bonds is 7. The van der Waals surface area contributed by atoms with Crippen LogP contribution in [-0.2, 0) is 17.6 Å². The first-order chi connectivity index (χ1) is 7.36. The van der Waals surface area contributed by atoms with E-state index in [9.17, 15) is 4.79 Å². The number of aldehydes is 1. The average molecular weight is 204 g/mol. The van der Waals surface area contributed by atoms with Crippen molar-refractivity contribution in [3.63, 3.8) is 0 Å². The fourth-order valence-corrected chi connectivity index (χ4v) is 1.69. The van der Waals surface area contributed by atoms with Crippen molar-refractivity contribution in [2.45, 2.75) is 45.4 Å². The summed E-state index contributed by atoms with van der Waals surface area (Å²) in [6, 6.07) is 8.41. The molecule has 0 aliphatic heterocycles. The molecule has 15 heavy (non-hydrogen) atoms. The van der Waals surface area contributed by atoms with Crippen molar-refractivity contribution in [3.05, 3.63) is 35.4 Å². The van der Waals surface area contributed by atoms with Gasteiger partial charge in [-0.05, 0) is 24.0 Å². The van der Waals surface area contributed by atoms with Gasteiger partial charge < -0.3 is 4.79 Å². The van der Waals surface area contributed by atoms with E-state index in [1.54, 1.807) is 0 Å². The van der Waals surface area contributed by atoms with E-state index < -0.39 is 0 Å². The molecule has 0 spiro atoms. The molecule has 0 aliphatic rings. The van der Waals surface area contributed by atoms with Crippen LogP contribution in [0.5, 0.6) is 0 Å². The molecule has 0 N–H and O–H groups in total. The van der Waals surface area contributed by atoms with Crippen molar-refractivity contribution in [1.82, 2.24) is 0 Å². The molecular formula is C14H20O. The van der Waals surface area contributed by atoms with E-state index in [1.807, 2.05) is 0 Å². The number of carbonyl (C=O) groups excluding carboxylic acids is 1. The van der Waals surface area contributed by atoms with Crippen molar-refractivity contribution in [1.29, 1.82) is 0 Å². The maximum absolute atomic E-state index is 10.3. The molecule has 1 aromatic rings. The van der Waals surface area contributed by atoms with Crippen LogP contribution >= 0.6 is 0 Å². The van der Waals surface area contributed by atoms with E-state index >= 15 is 0 Å². The first kappa shape index (κ1) is 12.0. The molecule has 0 heterocycles. The van der Waals surface area contributed by atoms with Crippen molar-refractivity contribution in [2.75, 3.05) is 0 Å². The van der Waals surface area contributed by atoms with Gasteiger partial charge in [0.25, 0.3) is 0 Å². The second kappa shape index (κ2) is 7.22. The van der Waals surface area contributed by atoms with Crippen LogP contribution in [-0.4, -0.2) is 6.29 Å². The average Bonchev–Trinajstić information content (AvgIpc) is 2.27. The van der Waals surface area contributed by atoms with Gasteiger partial charge in [-0.3, -0.25) is 0 Å². The Morgan fingerprint density at radius 3 is 2.27 bits per heavy atom. The first-order valence-corrected chi connectivity index (χ1v) is 5.88. The molecule has 0 bridgehead atoms. The van der Waals surface area contributed by atoms with E-state index in [-0.39, 0.29) is 0 Å².